The fraction of sp³-hybridized carbons (Fsp3) is 0.207. The first-order chi connectivity index (χ1) is 18.6. The quantitative estimate of drug-likeness (QED) is 0.159. The summed E-state index contributed by atoms with van der Waals surface area (Å²) in [5.41, 5.74) is 2.77. The molecule has 0 saturated heterocycles. The number of carbonyl (C=O) groups is 2. The molecule has 0 aliphatic carbocycles. The minimum Gasteiger partial charge on any atom is -0.396 e. The van der Waals surface area contributed by atoms with Crippen LogP contribution in [0.25, 0.3) is 10.6 Å². The van der Waals surface area contributed by atoms with Gasteiger partial charge in [-0.3, -0.25) is 9.59 Å². The van der Waals surface area contributed by atoms with Crippen molar-refractivity contribution in [2.75, 3.05) is 17.7 Å². The number of rotatable bonds is 8. The standard InChI is InChI=1S/C27H23N3O3S3.C2H6/c31-12-3-13-34-19-9-6-17(7-10-19)27-29-16-20(35-27)15-28-25(32)18-8-11-24-22(14-18)30-26(33)21-4-1-2-5-23(21)36-24;1-2/h1-2,4-11,14,16,31H,3,12-13,15H2,(H,28,32)(H,30,33);1-2H3. The van der Waals surface area contributed by atoms with Gasteiger partial charge in [0.05, 0.1) is 17.8 Å². The normalized spacial score (nSPS) is 11.8. The molecule has 3 N–H and O–H groups in total. The average Bonchev–Trinajstić information content (AvgIpc) is 3.38. The Balaban J connectivity index is 0.00000164. The highest BCUT2D eigenvalue weighted by Crippen LogP contribution is 2.39. The smallest absolute Gasteiger partial charge is 0.256 e. The van der Waals surface area contributed by atoms with Crippen molar-refractivity contribution in [3.8, 4) is 10.6 Å². The molecule has 0 saturated carbocycles. The van der Waals surface area contributed by atoms with E-state index in [0.29, 0.717) is 23.4 Å². The molecule has 0 radical (unpaired) electrons. The number of hydrogen-bond acceptors (Lipinski definition) is 7. The second-order valence-corrected chi connectivity index (χ2v) is 11.4. The molecule has 1 aliphatic rings. The predicted octanol–water partition coefficient (Wildman–Crippen LogP) is 6.96. The Hall–Kier alpha value is -3.11. The maximum Gasteiger partial charge on any atom is 0.256 e. The van der Waals surface area contributed by atoms with Gasteiger partial charge in [-0.05, 0) is 48.9 Å². The van der Waals surface area contributed by atoms with Crippen molar-refractivity contribution < 1.29 is 14.7 Å². The van der Waals surface area contributed by atoms with Crippen molar-refractivity contribution in [1.29, 1.82) is 0 Å². The number of aliphatic hydroxyl groups excluding tert-OH is 1. The number of anilines is 1. The molecule has 4 aromatic rings. The highest BCUT2D eigenvalue weighted by Gasteiger charge is 2.20. The van der Waals surface area contributed by atoms with E-state index in [-0.39, 0.29) is 18.4 Å². The largest absolute Gasteiger partial charge is 0.396 e. The van der Waals surface area contributed by atoms with E-state index in [1.54, 1.807) is 47.5 Å². The summed E-state index contributed by atoms with van der Waals surface area (Å²) < 4.78 is 0. The van der Waals surface area contributed by atoms with Crippen LogP contribution in [0.4, 0.5) is 5.69 Å². The summed E-state index contributed by atoms with van der Waals surface area (Å²) in [6, 6.07) is 21.1. The molecule has 0 atom stereocenters. The first-order valence-corrected chi connectivity index (χ1v) is 15.0. The third-order valence-electron chi connectivity index (χ3n) is 5.49. The summed E-state index contributed by atoms with van der Waals surface area (Å²) in [6.07, 6.45) is 2.57. The van der Waals surface area contributed by atoms with Crippen LogP contribution in [0.1, 0.15) is 45.9 Å². The summed E-state index contributed by atoms with van der Waals surface area (Å²) in [4.78, 5) is 33.9. The first-order valence-electron chi connectivity index (χ1n) is 12.4. The van der Waals surface area contributed by atoms with Gasteiger partial charge in [0.1, 0.15) is 5.01 Å². The zero-order valence-electron chi connectivity index (χ0n) is 21.2. The van der Waals surface area contributed by atoms with Crippen LogP contribution in [-0.2, 0) is 6.54 Å². The van der Waals surface area contributed by atoms with Gasteiger partial charge in [-0.2, -0.15) is 0 Å². The molecule has 0 spiro atoms. The van der Waals surface area contributed by atoms with Crippen molar-refractivity contribution in [2.45, 2.75) is 41.5 Å². The molecule has 2 amide bonds. The third kappa shape index (κ3) is 6.85. The van der Waals surface area contributed by atoms with E-state index in [1.807, 2.05) is 50.2 Å². The van der Waals surface area contributed by atoms with E-state index in [1.165, 1.54) is 11.8 Å². The first kappa shape index (κ1) is 27.9. The van der Waals surface area contributed by atoms with Gasteiger partial charge in [0.25, 0.3) is 11.8 Å². The SMILES string of the molecule is CC.O=C(NCc1cnc(-c2ccc(SCCCO)cc2)s1)c1ccc2c(c1)NC(=O)c1ccccc1S2. The summed E-state index contributed by atoms with van der Waals surface area (Å²) >= 11 is 4.78. The molecule has 2 heterocycles. The molecule has 0 bridgehead atoms. The van der Waals surface area contributed by atoms with E-state index in [2.05, 4.69) is 27.8 Å². The molecular weight excluding hydrogens is 535 g/mol. The second kappa shape index (κ2) is 13.6. The fourth-order valence-electron chi connectivity index (χ4n) is 3.65. The Labute approximate surface area is 235 Å². The van der Waals surface area contributed by atoms with Crippen molar-refractivity contribution >= 4 is 52.4 Å². The van der Waals surface area contributed by atoms with E-state index >= 15 is 0 Å². The topological polar surface area (TPSA) is 91.3 Å². The number of fused-ring (bicyclic) bond motifs is 2. The summed E-state index contributed by atoms with van der Waals surface area (Å²) in [7, 11) is 0. The van der Waals surface area contributed by atoms with E-state index in [0.717, 1.165) is 42.3 Å². The number of aliphatic hydroxyl groups is 1. The molecule has 38 heavy (non-hydrogen) atoms. The lowest BCUT2D eigenvalue weighted by Gasteiger charge is -2.09. The van der Waals surface area contributed by atoms with Crippen LogP contribution in [0.5, 0.6) is 0 Å². The van der Waals surface area contributed by atoms with Crippen LogP contribution in [0.2, 0.25) is 0 Å². The van der Waals surface area contributed by atoms with Crippen LogP contribution in [-0.4, -0.2) is 34.3 Å². The lowest BCUT2D eigenvalue weighted by molar-refractivity contribution is 0.0949. The average molecular weight is 564 g/mol. The van der Waals surface area contributed by atoms with Crippen LogP contribution in [0, 0.1) is 0 Å². The highest BCUT2D eigenvalue weighted by molar-refractivity contribution is 7.99. The number of nitrogens with zero attached hydrogens (tertiary/aromatic N) is 1. The molecule has 196 valence electrons. The Bertz CT molecular complexity index is 1400. The maximum absolute atomic E-state index is 12.8. The monoisotopic (exact) mass is 563 g/mol. The Morgan fingerprint density at radius 1 is 1.05 bits per heavy atom. The van der Waals surface area contributed by atoms with Crippen LogP contribution < -0.4 is 10.6 Å². The molecule has 6 nitrogen and oxygen atoms in total. The van der Waals surface area contributed by atoms with E-state index in [4.69, 9.17) is 5.11 Å². The Kier molecular flexibility index (Phi) is 10.0. The lowest BCUT2D eigenvalue weighted by atomic mass is 10.1. The van der Waals surface area contributed by atoms with Gasteiger partial charge >= 0.3 is 0 Å². The van der Waals surface area contributed by atoms with Gasteiger partial charge in [0, 0.05) is 49.2 Å². The number of carbonyl (C=O) groups excluding carboxylic acids is 2. The third-order valence-corrected chi connectivity index (χ3v) is 8.79. The van der Waals surface area contributed by atoms with Gasteiger partial charge < -0.3 is 15.7 Å². The summed E-state index contributed by atoms with van der Waals surface area (Å²) in [5.74, 6) is 0.501. The zero-order valence-corrected chi connectivity index (χ0v) is 23.6. The number of nitrogens with one attached hydrogen (secondary N) is 2. The molecule has 0 unspecified atom stereocenters. The second-order valence-electron chi connectivity index (χ2n) is 8.03. The molecule has 3 aromatic carbocycles. The molecule has 1 aromatic heterocycles. The van der Waals surface area contributed by atoms with E-state index in [9.17, 15) is 9.59 Å². The van der Waals surface area contributed by atoms with E-state index < -0.39 is 0 Å². The summed E-state index contributed by atoms with van der Waals surface area (Å²) in [6.45, 7) is 4.58. The summed E-state index contributed by atoms with van der Waals surface area (Å²) in [5, 5.41) is 15.7. The number of amides is 2. The van der Waals surface area contributed by atoms with Gasteiger partial charge in [-0.25, -0.2) is 4.98 Å². The minimum absolute atomic E-state index is 0.177. The van der Waals surface area contributed by atoms with Crippen LogP contribution in [0.3, 0.4) is 0 Å². The number of benzene rings is 3. The lowest BCUT2D eigenvalue weighted by Crippen LogP contribution is -2.22. The van der Waals surface area contributed by atoms with Crippen molar-refractivity contribution in [3.63, 3.8) is 0 Å². The van der Waals surface area contributed by atoms with Crippen molar-refractivity contribution in [1.82, 2.24) is 10.3 Å². The number of thiazole rings is 1. The number of hydrogen-bond donors (Lipinski definition) is 3. The van der Waals surface area contributed by atoms with Gasteiger partial charge in [-0.1, -0.05) is 49.9 Å². The molecule has 5 rings (SSSR count). The van der Waals surface area contributed by atoms with Gasteiger partial charge in [-0.15, -0.1) is 23.1 Å². The van der Waals surface area contributed by atoms with Crippen molar-refractivity contribution in [2.24, 2.45) is 0 Å². The molecule has 1 aliphatic heterocycles. The highest BCUT2D eigenvalue weighted by atomic mass is 32.2. The molecule has 9 heteroatoms. The van der Waals surface area contributed by atoms with Crippen LogP contribution >= 0.6 is 34.9 Å². The van der Waals surface area contributed by atoms with Gasteiger partial charge in [0.15, 0.2) is 0 Å². The van der Waals surface area contributed by atoms with Gasteiger partial charge in [0.2, 0.25) is 0 Å². The number of thioether (sulfide) groups is 1. The Morgan fingerprint density at radius 2 is 1.84 bits per heavy atom. The predicted molar refractivity (Wildman–Crippen MR) is 157 cm³/mol. The minimum atomic E-state index is -0.210. The Morgan fingerprint density at radius 3 is 2.63 bits per heavy atom. The van der Waals surface area contributed by atoms with Crippen LogP contribution in [0.15, 0.2) is 87.6 Å². The molecule has 0 fully saturated rings. The van der Waals surface area contributed by atoms with Crippen molar-refractivity contribution in [3.05, 3.63) is 88.9 Å². The molecular formula is C29H29N3O3S3. The number of aromatic nitrogens is 1. The maximum atomic E-state index is 12.8. The zero-order chi connectivity index (χ0) is 26.9. The fourth-order valence-corrected chi connectivity index (χ4v) is 6.36.